The largest absolute Gasteiger partial charge is 0.376 e. The maximum absolute atomic E-state index is 13.2. The molecule has 1 N–H and O–H groups in total. The van der Waals surface area contributed by atoms with Gasteiger partial charge in [0, 0.05) is 18.7 Å². The molecule has 6 nitrogen and oxygen atoms in total. The van der Waals surface area contributed by atoms with Crippen LogP contribution < -0.4 is 5.32 Å². The summed E-state index contributed by atoms with van der Waals surface area (Å²) in [5, 5.41) is 2.75. The molecule has 0 radical (unpaired) electrons. The molecule has 2 saturated heterocycles. The summed E-state index contributed by atoms with van der Waals surface area (Å²) in [6.07, 6.45) is 1.88. The number of carbonyl (C=O) groups excluding carboxylic acids is 2. The lowest BCUT2D eigenvalue weighted by Crippen LogP contribution is -2.38. The van der Waals surface area contributed by atoms with Gasteiger partial charge in [-0.2, -0.15) is 0 Å². The van der Waals surface area contributed by atoms with Crippen LogP contribution in [0.25, 0.3) is 0 Å². The predicted molar refractivity (Wildman–Crippen MR) is 120 cm³/mol. The van der Waals surface area contributed by atoms with Crippen LogP contribution in [-0.4, -0.2) is 46.4 Å². The van der Waals surface area contributed by atoms with Crippen molar-refractivity contribution >= 4 is 40.1 Å². The van der Waals surface area contributed by atoms with Gasteiger partial charge in [-0.15, -0.1) is 0 Å². The molecule has 4 rings (SSSR count). The molecule has 0 aliphatic carbocycles. The number of aryl methyl sites for hydroxylation is 1. The molecule has 0 spiro atoms. The topological polar surface area (TPSA) is 71.0 Å². The highest BCUT2D eigenvalue weighted by Crippen LogP contribution is 2.33. The van der Waals surface area contributed by atoms with E-state index < -0.39 is 5.25 Å². The number of carbonyl (C=O) groups is 2. The fourth-order valence-corrected chi connectivity index (χ4v) is 4.75. The number of aliphatic imine (C=N–C) groups is 1. The van der Waals surface area contributed by atoms with Crippen LogP contribution in [0.15, 0.2) is 53.5 Å². The molecule has 2 atom stereocenters. The first kappa shape index (κ1) is 21.5. The Labute approximate surface area is 184 Å². The van der Waals surface area contributed by atoms with E-state index in [4.69, 9.17) is 9.73 Å². The van der Waals surface area contributed by atoms with Gasteiger partial charge in [0.1, 0.15) is 11.1 Å². The van der Waals surface area contributed by atoms with Gasteiger partial charge in [-0.1, -0.05) is 30.0 Å². The third-order valence-electron chi connectivity index (χ3n) is 5.26. The number of nitrogens with zero attached hydrogens (tertiary/aromatic N) is 2. The standard InChI is InChI=1S/C23H24FN3O3S/c1-15-5-2-3-7-19(15)26-23-27(14-18-6-4-12-30-18)22(29)20(31-23)13-21(28)25-17-10-8-16(24)9-11-17/h2-3,5,7-11,18,20H,4,6,12-14H2,1H3,(H,25,28). The second-order valence-corrected chi connectivity index (χ2v) is 8.80. The second kappa shape index (κ2) is 9.62. The van der Waals surface area contributed by atoms with E-state index in [9.17, 15) is 14.0 Å². The van der Waals surface area contributed by atoms with Gasteiger partial charge in [0.05, 0.1) is 18.3 Å². The molecule has 2 heterocycles. The third kappa shape index (κ3) is 5.32. The quantitative estimate of drug-likeness (QED) is 0.727. The van der Waals surface area contributed by atoms with Crippen molar-refractivity contribution in [1.29, 1.82) is 0 Å². The van der Waals surface area contributed by atoms with Crippen LogP contribution in [0.5, 0.6) is 0 Å². The van der Waals surface area contributed by atoms with E-state index in [1.54, 1.807) is 4.90 Å². The van der Waals surface area contributed by atoms with Crippen molar-refractivity contribution in [3.63, 3.8) is 0 Å². The van der Waals surface area contributed by atoms with Gasteiger partial charge in [0.25, 0.3) is 0 Å². The molecule has 2 amide bonds. The highest BCUT2D eigenvalue weighted by Gasteiger charge is 2.40. The summed E-state index contributed by atoms with van der Waals surface area (Å²) in [7, 11) is 0. The minimum absolute atomic E-state index is 0.00962. The van der Waals surface area contributed by atoms with Crippen LogP contribution in [0.3, 0.4) is 0 Å². The Balaban J connectivity index is 1.50. The number of hydrogen-bond acceptors (Lipinski definition) is 5. The summed E-state index contributed by atoms with van der Waals surface area (Å²) in [6.45, 7) is 3.11. The summed E-state index contributed by atoms with van der Waals surface area (Å²) in [5.41, 5.74) is 2.30. The summed E-state index contributed by atoms with van der Waals surface area (Å²) >= 11 is 1.31. The second-order valence-electron chi connectivity index (χ2n) is 7.63. The highest BCUT2D eigenvalue weighted by atomic mass is 32.2. The minimum atomic E-state index is -0.565. The summed E-state index contributed by atoms with van der Waals surface area (Å²) in [5.74, 6) is -0.810. The monoisotopic (exact) mass is 441 g/mol. The Morgan fingerprint density at radius 3 is 2.74 bits per heavy atom. The third-order valence-corrected chi connectivity index (χ3v) is 6.44. The number of thioether (sulfide) groups is 1. The number of ether oxygens (including phenoxy) is 1. The molecule has 2 aliphatic rings. The fraction of sp³-hybridized carbons (Fsp3) is 0.348. The van der Waals surface area contributed by atoms with Crippen LogP contribution in [0.2, 0.25) is 0 Å². The van der Waals surface area contributed by atoms with Crippen LogP contribution in [0, 0.1) is 12.7 Å². The maximum Gasteiger partial charge on any atom is 0.242 e. The number of halogens is 1. The number of amidine groups is 1. The molecular weight excluding hydrogens is 417 g/mol. The highest BCUT2D eigenvalue weighted by molar-refractivity contribution is 8.15. The maximum atomic E-state index is 13.2. The molecule has 2 aliphatic heterocycles. The lowest BCUT2D eigenvalue weighted by Gasteiger charge is -2.20. The van der Waals surface area contributed by atoms with Gasteiger partial charge in [0.2, 0.25) is 11.8 Å². The molecule has 31 heavy (non-hydrogen) atoms. The van der Waals surface area contributed by atoms with Crippen LogP contribution in [-0.2, 0) is 14.3 Å². The Kier molecular flexibility index (Phi) is 6.67. The van der Waals surface area contributed by atoms with Crippen molar-refractivity contribution in [3.8, 4) is 0 Å². The van der Waals surface area contributed by atoms with E-state index in [0.717, 1.165) is 24.1 Å². The fourth-order valence-electron chi connectivity index (χ4n) is 3.59. The molecule has 2 fully saturated rings. The first-order valence-corrected chi connectivity index (χ1v) is 11.2. The molecule has 2 unspecified atom stereocenters. The van der Waals surface area contributed by atoms with E-state index in [0.29, 0.717) is 24.0 Å². The smallest absolute Gasteiger partial charge is 0.242 e. The number of rotatable bonds is 6. The zero-order valence-corrected chi connectivity index (χ0v) is 18.0. The van der Waals surface area contributed by atoms with Crippen molar-refractivity contribution in [1.82, 2.24) is 4.90 Å². The van der Waals surface area contributed by atoms with Crippen LogP contribution in [0.1, 0.15) is 24.8 Å². The number of nitrogens with one attached hydrogen (secondary N) is 1. The average Bonchev–Trinajstić information content (AvgIpc) is 3.36. The molecule has 2 aromatic rings. The Hall–Kier alpha value is -2.71. The number of anilines is 1. The Morgan fingerprint density at radius 1 is 1.26 bits per heavy atom. The lowest BCUT2D eigenvalue weighted by molar-refractivity contribution is -0.129. The molecule has 8 heteroatoms. The van der Waals surface area contributed by atoms with Gasteiger partial charge in [-0.25, -0.2) is 9.38 Å². The van der Waals surface area contributed by atoms with Gasteiger partial charge in [-0.3, -0.25) is 14.5 Å². The average molecular weight is 442 g/mol. The van der Waals surface area contributed by atoms with Crippen molar-refractivity contribution in [2.24, 2.45) is 4.99 Å². The van der Waals surface area contributed by atoms with E-state index in [1.165, 1.54) is 36.0 Å². The normalized spacial score (nSPS) is 22.3. The van der Waals surface area contributed by atoms with Crippen molar-refractivity contribution in [3.05, 3.63) is 59.9 Å². The number of hydrogen-bond donors (Lipinski definition) is 1. The van der Waals surface area contributed by atoms with E-state index in [1.807, 2.05) is 31.2 Å². The van der Waals surface area contributed by atoms with Crippen molar-refractivity contribution in [2.75, 3.05) is 18.5 Å². The van der Waals surface area contributed by atoms with Gasteiger partial charge in [0.15, 0.2) is 5.17 Å². The van der Waals surface area contributed by atoms with E-state index >= 15 is 0 Å². The van der Waals surface area contributed by atoms with E-state index in [-0.39, 0.29) is 30.2 Å². The van der Waals surface area contributed by atoms with Crippen LogP contribution in [0.4, 0.5) is 15.8 Å². The van der Waals surface area contributed by atoms with E-state index in [2.05, 4.69) is 5.32 Å². The SMILES string of the molecule is Cc1ccccc1N=C1SC(CC(=O)Nc2ccc(F)cc2)C(=O)N1CC1CCCO1. The lowest BCUT2D eigenvalue weighted by atomic mass is 10.2. The van der Waals surface area contributed by atoms with Crippen molar-refractivity contribution in [2.45, 2.75) is 37.5 Å². The Morgan fingerprint density at radius 2 is 2.03 bits per heavy atom. The number of para-hydroxylation sites is 1. The van der Waals surface area contributed by atoms with Crippen LogP contribution >= 0.6 is 11.8 Å². The van der Waals surface area contributed by atoms with Gasteiger partial charge >= 0.3 is 0 Å². The summed E-state index contributed by atoms with van der Waals surface area (Å²) in [4.78, 5) is 32.1. The summed E-state index contributed by atoms with van der Waals surface area (Å²) < 4.78 is 18.8. The zero-order chi connectivity index (χ0) is 21.8. The van der Waals surface area contributed by atoms with Gasteiger partial charge in [-0.05, 0) is 55.7 Å². The van der Waals surface area contributed by atoms with Gasteiger partial charge < -0.3 is 10.1 Å². The molecule has 162 valence electrons. The zero-order valence-electron chi connectivity index (χ0n) is 17.2. The first-order valence-electron chi connectivity index (χ1n) is 10.3. The number of benzene rings is 2. The predicted octanol–water partition coefficient (Wildman–Crippen LogP) is 4.27. The molecule has 0 aromatic heterocycles. The first-order chi connectivity index (χ1) is 15.0. The molecule has 0 bridgehead atoms. The summed E-state index contributed by atoms with van der Waals surface area (Å²) in [6, 6.07) is 13.3. The Bertz CT molecular complexity index is 990. The molecule has 2 aromatic carbocycles. The molecule has 0 saturated carbocycles. The van der Waals surface area contributed by atoms with Crippen molar-refractivity contribution < 1.29 is 18.7 Å². The molecular formula is C23H24FN3O3S. The number of amides is 2. The minimum Gasteiger partial charge on any atom is -0.376 e.